The van der Waals surface area contributed by atoms with Gasteiger partial charge in [-0.1, -0.05) is 42.0 Å². The number of rotatable bonds is 6. The second-order valence-electron chi connectivity index (χ2n) is 6.92. The summed E-state index contributed by atoms with van der Waals surface area (Å²) >= 11 is 0. The van der Waals surface area contributed by atoms with E-state index in [0.29, 0.717) is 0 Å². The summed E-state index contributed by atoms with van der Waals surface area (Å²) in [4.78, 5) is 0. The maximum atomic E-state index is 2.83. The molecule has 0 heterocycles. The quantitative estimate of drug-likeness (QED) is 0.468. The Labute approximate surface area is 151 Å². The highest BCUT2D eigenvalue weighted by molar-refractivity contribution is 7.16. The van der Waals surface area contributed by atoms with Gasteiger partial charge >= 0.3 is 0 Å². The van der Waals surface area contributed by atoms with Crippen molar-refractivity contribution in [1.82, 2.24) is 0 Å². The van der Waals surface area contributed by atoms with Crippen molar-refractivity contribution >= 4 is 24.1 Å². The van der Waals surface area contributed by atoms with Crippen LogP contribution in [0.25, 0.3) is 16.7 Å². The Morgan fingerprint density at radius 3 is 1.54 bits per heavy atom. The van der Waals surface area contributed by atoms with Gasteiger partial charge in [0.1, 0.15) is 0 Å². The normalized spacial score (nSPS) is 12.2. The summed E-state index contributed by atoms with van der Waals surface area (Å²) in [5.41, 5.74) is 11.5. The molecule has 0 spiro atoms. The highest BCUT2D eigenvalue weighted by atomic mass is 31.0. The fraction of sp³-hybridized carbons (Fsp3) is 0.364. The molecule has 1 aliphatic rings. The van der Waals surface area contributed by atoms with Crippen molar-refractivity contribution in [2.45, 2.75) is 39.5 Å². The highest BCUT2D eigenvalue weighted by Crippen LogP contribution is 2.46. The number of aryl methyl sites for hydroxylation is 2. The van der Waals surface area contributed by atoms with Gasteiger partial charge in [0, 0.05) is 0 Å². The van der Waals surface area contributed by atoms with Crippen LogP contribution in [0.15, 0.2) is 42.0 Å². The van der Waals surface area contributed by atoms with Gasteiger partial charge in [-0.3, -0.25) is 0 Å². The molecule has 2 aromatic carbocycles. The molecular formula is C22H28P2. The zero-order valence-corrected chi connectivity index (χ0v) is 17.2. The van der Waals surface area contributed by atoms with Crippen LogP contribution >= 0.6 is 18.5 Å². The Hall–Kier alpha value is -0.960. The Morgan fingerprint density at radius 1 is 0.708 bits per heavy atom. The zero-order valence-electron chi connectivity index (χ0n) is 14.9. The van der Waals surface area contributed by atoms with Gasteiger partial charge in [0.2, 0.25) is 0 Å². The van der Waals surface area contributed by atoms with Gasteiger partial charge in [0.15, 0.2) is 0 Å². The van der Waals surface area contributed by atoms with E-state index in [1.54, 1.807) is 0 Å². The van der Waals surface area contributed by atoms with E-state index in [-0.39, 0.29) is 0 Å². The molecule has 3 rings (SSSR count). The molecular weight excluding hydrogens is 326 g/mol. The minimum Gasteiger partial charge on any atom is -0.138 e. The molecule has 0 fully saturated rings. The predicted octanol–water partition coefficient (Wildman–Crippen LogP) is 6.12. The Balaban J connectivity index is 2.05. The number of hydrogen-bond acceptors (Lipinski definition) is 0. The molecule has 0 aromatic heterocycles. The summed E-state index contributed by atoms with van der Waals surface area (Å²) in [6.07, 6.45) is 7.16. The third kappa shape index (κ3) is 3.51. The fourth-order valence-electron chi connectivity index (χ4n) is 3.67. The van der Waals surface area contributed by atoms with Crippen LogP contribution in [-0.4, -0.2) is 12.3 Å². The first-order valence-corrected chi connectivity index (χ1v) is 10.6. The van der Waals surface area contributed by atoms with E-state index >= 15 is 0 Å². The summed E-state index contributed by atoms with van der Waals surface area (Å²) in [5, 5.41) is 0. The minimum absolute atomic E-state index is 1.17. The van der Waals surface area contributed by atoms with Crippen LogP contribution in [0.2, 0.25) is 0 Å². The molecule has 24 heavy (non-hydrogen) atoms. The van der Waals surface area contributed by atoms with Crippen LogP contribution in [0, 0.1) is 0 Å². The largest absolute Gasteiger partial charge is 0.138 e. The first-order chi connectivity index (χ1) is 11.7. The lowest BCUT2D eigenvalue weighted by molar-refractivity contribution is 0.933. The molecule has 0 aliphatic heterocycles. The number of fused-ring (bicyclic) bond motifs is 3. The maximum absolute atomic E-state index is 2.83. The topological polar surface area (TPSA) is 0 Å². The molecule has 2 heteroatoms. The van der Waals surface area contributed by atoms with E-state index in [9.17, 15) is 0 Å². The van der Waals surface area contributed by atoms with Crippen molar-refractivity contribution in [2.24, 2.45) is 0 Å². The molecule has 126 valence electrons. The summed E-state index contributed by atoms with van der Waals surface area (Å²) in [6, 6.07) is 14.2. The number of allylic oxidation sites excluding steroid dienone is 1. The van der Waals surface area contributed by atoms with Crippen LogP contribution < -0.4 is 0 Å². The molecule has 1 aliphatic carbocycles. The summed E-state index contributed by atoms with van der Waals surface area (Å²) in [5.74, 6) is 0. The number of benzene rings is 2. The van der Waals surface area contributed by atoms with Gasteiger partial charge in [-0.25, -0.2) is 0 Å². The SMILES string of the molecule is CC(C)=C1c2cc(CCCP)ccc2-c2ccc(CCCP)cc21. The molecule has 0 N–H and O–H groups in total. The second kappa shape index (κ2) is 7.95. The van der Waals surface area contributed by atoms with Gasteiger partial charge in [0.25, 0.3) is 0 Å². The van der Waals surface area contributed by atoms with E-state index in [4.69, 9.17) is 0 Å². The maximum Gasteiger partial charge on any atom is -0.00969 e. The first kappa shape index (κ1) is 17.8. The van der Waals surface area contributed by atoms with Gasteiger partial charge in [-0.15, -0.1) is 18.5 Å². The van der Waals surface area contributed by atoms with Crippen molar-refractivity contribution in [1.29, 1.82) is 0 Å². The smallest absolute Gasteiger partial charge is 0.00969 e. The van der Waals surface area contributed by atoms with Crippen LogP contribution in [-0.2, 0) is 12.8 Å². The fourth-order valence-corrected chi connectivity index (χ4v) is 4.08. The van der Waals surface area contributed by atoms with Crippen molar-refractivity contribution < 1.29 is 0 Å². The van der Waals surface area contributed by atoms with E-state index in [0.717, 1.165) is 0 Å². The van der Waals surface area contributed by atoms with E-state index in [1.807, 2.05) is 0 Å². The summed E-state index contributed by atoms with van der Waals surface area (Å²) < 4.78 is 0. The van der Waals surface area contributed by atoms with E-state index in [1.165, 1.54) is 82.5 Å². The van der Waals surface area contributed by atoms with Crippen molar-refractivity contribution in [2.75, 3.05) is 12.3 Å². The average Bonchev–Trinajstić information content (AvgIpc) is 2.90. The molecule has 0 radical (unpaired) electrons. The van der Waals surface area contributed by atoms with Crippen molar-refractivity contribution in [3.63, 3.8) is 0 Å². The van der Waals surface area contributed by atoms with E-state index < -0.39 is 0 Å². The van der Waals surface area contributed by atoms with Crippen LogP contribution in [0.5, 0.6) is 0 Å². The van der Waals surface area contributed by atoms with Gasteiger partial charge in [-0.05, 0) is 90.8 Å². The average molecular weight is 354 g/mol. The zero-order chi connectivity index (χ0) is 17.1. The van der Waals surface area contributed by atoms with Gasteiger partial charge < -0.3 is 0 Å². The van der Waals surface area contributed by atoms with E-state index in [2.05, 4.69) is 68.7 Å². The highest BCUT2D eigenvalue weighted by Gasteiger charge is 2.24. The molecule has 0 bridgehead atoms. The van der Waals surface area contributed by atoms with Crippen molar-refractivity contribution in [3.05, 3.63) is 64.2 Å². The lowest BCUT2D eigenvalue weighted by Crippen LogP contribution is -1.91. The van der Waals surface area contributed by atoms with Crippen LogP contribution in [0.4, 0.5) is 0 Å². The molecule has 2 unspecified atom stereocenters. The Bertz CT molecular complexity index is 708. The summed E-state index contributed by atoms with van der Waals surface area (Å²) in [6.45, 7) is 4.50. The molecule has 2 atom stereocenters. The third-order valence-corrected chi connectivity index (χ3v) is 5.65. The molecule has 0 saturated heterocycles. The van der Waals surface area contributed by atoms with Crippen LogP contribution in [0.1, 0.15) is 48.9 Å². The summed E-state index contributed by atoms with van der Waals surface area (Å²) in [7, 11) is 5.67. The number of hydrogen-bond donors (Lipinski definition) is 0. The first-order valence-electron chi connectivity index (χ1n) is 9.00. The van der Waals surface area contributed by atoms with Gasteiger partial charge in [-0.2, -0.15) is 0 Å². The second-order valence-corrected chi connectivity index (χ2v) is 8.07. The van der Waals surface area contributed by atoms with Crippen molar-refractivity contribution in [3.8, 4) is 11.1 Å². The Kier molecular flexibility index (Phi) is 5.91. The lowest BCUT2D eigenvalue weighted by Gasteiger charge is -2.09. The monoisotopic (exact) mass is 354 g/mol. The van der Waals surface area contributed by atoms with Gasteiger partial charge in [0.05, 0.1) is 0 Å². The predicted molar refractivity (Wildman–Crippen MR) is 115 cm³/mol. The molecule has 0 saturated carbocycles. The Morgan fingerprint density at radius 2 is 1.17 bits per heavy atom. The molecule has 0 nitrogen and oxygen atoms in total. The third-order valence-electron chi connectivity index (χ3n) is 4.84. The molecule has 2 aromatic rings. The molecule has 0 amide bonds. The standard InChI is InChI=1S/C22H28P2/c1-15(2)22-20-13-16(5-3-11-23)7-9-18(20)19-10-8-17(6-4-12-24)14-21(19)22/h7-10,13-14H,3-6,11-12,23-24H2,1-2H3. The lowest BCUT2D eigenvalue weighted by atomic mass is 9.96. The minimum atomic E-state index is 1.17. The van der Waals surface area contributed by atoms with Crippen LogP contribution in [0.3, 0.4) is 0 Å².